The van der Waals surface area contributed by atoms with Crippen LogP contribution in [0.15, 0.2) is 48.4 Å². The molecule has 0 heterocycles. The SMILES string of the molecule is C=CC(C)C(C)CC(/C=C\C)=C(\N)C(=C)N. The Bertz CT molecular complexity index is 311. The fourth-order valence-corrected chi connectivity index (χ4v) is 1.44. The Morgan fingerprint density at radius 1 is 1.31 bits per heavy atom. The first-order valence-corrected chi connectivity index (χ1v) is 5.62. The molecule has 0 rings (SSSR count). The van der Waals surface area contributed by atoms with Crippen LogP contribution in [0.1, 0.15) is 27.2 Å². The van der Waals surface area contributed by atoms with E-state index in [4.69, 9.17) is 11.5 Å². The van der Waals surface area contributed by atoms with E-state index in [0.717, 1.165) is 12.0 Å². The van der Waals surface area contributed by atoms with Crippen molar-refractivity contribution in [3.63, 3.8) is 0 Å². The summed E-state index contributed by atoms with van der Waals surface area (Å²) >= 11 is 0. The van der Waals surface area contributed by atoms with Gasteiger partial charge in [-0.15, -0.1) is 6.58 Å². The molecule has 0 amide bonds. The topological polar surface area (TPSA) is 52.0 Å². The highest BCUT2D eigenvalue weighted by Gasteiger charge is 2.12. The smallest absolute Gasteiger partial charge is 0.0574 e. The van der Waals surface area contributed by atoms with Crippen LogP contribution in [0.3, 0.4) is 0 Å². The number of allylic oxidation sites excluding steroid dienone is 4. The van der Waals surface area contributed by atoms with Gasteiger partial charge in [-0.25, -0.2) is 0 Å². The molecule has 0 aliphatic carbocycles. The molecule has 0 spiro atoms. The van der Waals surface area contributed by atoms with Gasteiger partial charge in [0.25, 0.3) is 0 Å². The predicted octanol–water partition coefficient (Wildman–Crippen LogP) is 3.10. The van der Waals surface area contributed by atoms with Crippen LogP contribution in [0.2, 0.25) is 0 Å². The Kier molecular flexibility index (Phi) is 6.31. The van der Waals surface area contributed by atoms with Crippen molar-refractivity contribution in [3.8, 4) is 0 Å². The van der Waals surface area contributed by atoms with Crippen molar-refractivity contribution in [1.82, 2.24) is 0 Å². The van der Waals surface area contributed by atoms with Gasteiger partial charge in [-0.05, 0) is 30.8 Å². The number of rotatable bonds is 6. The van der Waals surface area contributed by atoms with Gasteiger partial charge in [0, 0.05) is 5.70 Å². The van der Waals surface area contributed by atoms with Crippen LogP contribution in [0.25, 0.3) is 0 Å². The lowest BCUT2D eigenvalue weighted by molar-refractivity contribution is 0.459. The molecule has 2 atom stereocenters. The Hall–Kier alpha value is -1.44. The lowest BCUT2D eigenvalue weighted by Gasteiger charge is -2.18. The lowest BCUT2D eigenvalue weighted by Crippen LogP contribution is -2.13. The maximum atomic E-state index is 5.91. The van der Waals surface area contributed by atoms with E-state index in [1.807, 2.05) is 25.2 Å². The summed E-state index contributed by atoms with van der Waals surface area (Å²) in [5.74, 6) is 0.945. The van der Waals surface area contributed by atoms with E-state index >= 15 is 0 Å². The Labute approximate surface area is 99.4 Å². The van der Waals surface area contributed by atoms with E-state index in [1.165, 1.54) is 0 Å². The number of hydrogen-bond acceptors (Lipinski definition) is 2. The van der Waals surface area contributed by atoms with Crippen molar-refractivity contribution in [2.24, 2.45) is 23.3 Å². The molecule has 0 aromatic carbocycles. The van der Waals surface area contributed by atoms with Gasteiger partial charge >= 0.3 is 0 Å². The second kappa shape index (κ2) is 6.94. The minimum atomic E-state index is 0.437. The normalized spacial score (nSPS) is 16.7. The molecule has 16 heavy (non-hydrogen) atoms. The van der Waals surface area contributed by atoms with Gasteiger partial charge in [-0.1, -0.05) is 38.7 Å². The first kappa shape index (κ1) is 14.6. The highest BCUT2D eigenvalue weighted by Crippen LogP contribution is 2.23. The predicted molar refractivity (Wildman–Crippen MR) is 72.5 cm³/mol. The third-order valence-electron chi connectivity index (χ3n) is 2.87. The maximum Gasteiger partial charge on any atom is 0.0574 e. The summed E-state index contributed by atoms with van der Waals surface area (Å²) < 4.78 is 0. The highest BCUT2D eigenvalue weighted by molar-refractivity contribution is 5.35. The molecule has 0 aliphatic rings. The Morgan fingerprint density at radius 3 is 2.25 bits per heavy atom. The van der Waals surface area contributed by atoms with Crippen LogP contribution in [-0.2, 0) is 0 Å². The molecule has 0 aliphatic heterocycles. The van der Waals surface area contributed by atoms with Gasteiger partial charge in [0.1, 0.15) is 0 Å². The molecule has 4 N–H and O–H groups in total. The van der Waals surface area contributed by atoms with Gasteiger partial charge in [-0.3, -0.25) is 0 Å². The average molecular weight is 220 g/mol. The first-order chi connectivity index (χ1) is 7.43. The summed E-state index contributed by atoms with van der Waals surface area (Å²) in [6, 6.07) is 0. The zero-order chi connectivity index (χ0) is 12.7. The van der Waals surface area contributed by atoms with E-state index in [1.54, 1.807) is 0 Å². The van der Waals surface area contributed by atoms with E-state index in [9.17, 15) is 0 Å². The van der Waals surface area contributed by atoms with Crippen LogP contribution in [-0.4, -0.2) is 0 Å². The van der Waals surface area contributed by atoms with Gasteiger partial charge in [0.2, 0.25) is 0 Å². The summed E-state index contributed by atoms with van der Waals surface area (Å²) in [5, 5.41) is 0. The molecular formula is C14H24N2. The first-order valence-electron chi connectivity index (χ1n) is 5.62. The van der Waals surface area contributed by atoms with Crippen molar-refractivity contribution in [2.45, 2.75) is 27.2 Å². The fourth-order valence-electron chi connectivity index (χ4n) is 1.44. The minimum absolute atomic E-state index is 0.437. The van der Waals surface area contributed by atoms with Crippen LogP contribution >= 0.6 is 0 Å². The monoisotopic (exact) mass is 220 g/mol. The summed E-state index contributed by atoms with van der Waals surface area (Å²) in [6.07, 6.45) is 6.82. The zero-order valence-electron chi connectivity index (χ0n) is 10.7. The van der Waals surface area contributed by atoms with Crippen molar-refractivity contribution in [3.05, 3.63) is 48.4 Å². The largest absolute Gasteiger partial charge is 0.398 e. The van der Waals surface area contributed by atoms with Crippen LogP contribution in [0.4, 0.5) is 0 Å². The van der Waals surface area contributed by atoms with Crippen LogP contribution < -0.4 is 11.5 Å². The van der Waals surface area contributed by atoms with Crippen molar-refractivity contribution in [1.29, 1.82) is 0 Å². The standard InChI is InChI=1S/C14H24N2/c1-6-8-13(14(16)12(5)15)9-11(4)10(3)7-2/h6-8,10-11H,2,5,9,15-16H2,1,3-4H3/b8-6-,14-13-. The van der Waals surface area contributed by atoms with E-state index in [2.05, 4.69) is 27.0 Å². The zero-order valence-corrected chi connectivity index (χ0v) is 10.7. The second-order valence-corrected chi connectivity index (χ2v) is 4.24. The lowest BCUT2D eigenvalue weighted by atomic mass is 9.88. The fraction of sp³-hybridized carbons (Fsp3) is 0.429. The molecule has 0 aromatic heterocycles. The van der Waals surface area contributed by atoms with Crippen molar-refractivity contribution >= 4 is 0 Å². The van der Waals surface area contributed by atoms with Gasteiger partial charge in [-0.2, -0.15) is 0 Å². The summed E-state index contributed by atoms with van der Waals surface area (Å²) in [7, 11) is 0. The summed E-state index contributed by atoms with van der Waals surface area (Å²) in [5.41, 5.74) is 13.6. The van der Waals surface area contributed by atoms with E-state index < -0.39 is 0 Å². The number of nitrogens with two attached hydrogens (primary N) is 2. The van der Waals surface area contributed by atoms with Crippen LogP contribution in [0, 0.1) is 11.8 Å². The molecule has 0 aromatic rings. The molecule has 0 saturated heterocycles. The number of hydrogen-bond donors (Lipinski definition) is 2. The maximum absolute atomic E-state index is 5.91. The van der Waals surface area contributed by atoms with E-state index in [-0.39, 0.29) is 0 Å². The molecule has 90 valence electrons. The van der Waals surface area contributed by atoms with Crippen molar-refractivity contribution < 1.29 is 0 Å². The summed E-state index contributed by atoms with van der Waals surface area (Å²) in [4.78, 5) is 0. The minimum Gasteiger partial charge on any atom is -0.398 e. The quantitative estimate of drug-likeness (QED) is 0.534. The molecule has 2 nitrogen and oxygen atoms in total. The second-order valence-electron chi connectivity index (χ2n) is 4.24. The van der Waals surface area contributed by atoms with Crippen LogP contribution in [0.5, 0.6) is 0 Å². The van der Waals surface area contributed by atoms with Gasteiger partial charge in [0.05, 0.1) is 5.70 Å². The molecule has 0 bridgehead atoms. The molecular weight excluding hydrogens is 196 g/mol. The van der Waals surface area contributed by atoms with Gasteiger partial charge in [0.15, 0.2) is 0 Å². The molecule has 0 fully saturated rings. The average Bonchev–Trinajstić information content (AvgIpc) is 2.25. The van der Waals surface area contributed by atoms with Gasteiger partial charge < -0.3 is 11.5 Å². The third kappa shape index (κ3) is 4.39. The molecule has 0 radical (unpaired) electrons. The molecule has 2 heteroatoms. The molecule has 2 unspecified atom stereocenters. The highest BCUT2D eigenvalue weighted by atomic mass is 14.7. The van der Waals surface area contributed by atoms with Crippen molar-refractivity contribution in [2.75, 3.05) is 0 Å². The van der Waals surface area contributed by atoms with E-state index in [0.29, 0.717) is 23.2 Å². The molecule has 0 saturated carbocycles. The Balaban J connectivity index is 4.90. The Morgan fingerprint density at radius 2 is 1.88 bits per heavy atom. The summed E-state index contributed by atoms with van der Waals surface area (Å²) in [6.45, 7) is 13.8. The third-order valence-corrected chi connectivity index (χ3v) is 2.87.